The molecule has 5 heteroatoms. The summed E-state index contributed by atoms with van der Waals surface area (Å²) in [6.45, 7) is 4.17. The van der Waals surface area contributed by atoms with E-state index in [4.69, 9.17) is 9.84 Å². The Kier molecular flexibility index (Phi) is 7.21. The van der Waals surface area contributed by atoms with Gasteiger partial charge in [0.05, 0.1) is 0 Å². The van der Waals surface area contributed by atoms with Gasteiger partial charge in [0.2, 0.25) is 0 Å². The fourth-order valence-electron chi connectivity index (χ4n) is 2.64. The first-order valence-corrected chi connectivity index (χ1v) is 8.82. The van der Waals surface area contributed by atoms with Gasteiger partial charge in [-0.2, -0.15) is 0 Å². The second-order valence-electron chi connectivity index (χ2n) is 6.28. The lowest BCUT2D eigenvalue weighted by molar-refractivity contribution is -0.137. The highest BCUT2D eigenvalue weighted by Gasteiger charge is 2.11. The van der Waals surface area contributed by atoms with Crippen molar-refractivity contribution in [3.63, 3.8) is 0 Å². The number of benzene rings is 2. The van der Waals surface area contributed by atoms with Crippen molar-refractivity contribution in [2.75, 3.05) is 11.9 Å². The standard InChI is InChI=1S/C21H25NO4/c1-3-15(2)18-9-4-5-10-19(18)26-14-20(23)22-17-8-6-7-16(13-17)11-12-21(24)25/h4-10,13,15H,3,11-12,14H2,1-2H3,(H,22,23)(H,24,25). The zero-order chi connectivity index (χ0) is 18.9. The Morgan fingerprint density at radius 1 is 1.15 bits per heavy atom. The van der Waals surface area contributed by atoms with Gasteiger partial charge in [-0.25, -0.2) is 0 Å². The summed E-state index contributed by atoms with van der Waals surface area (Å²) in [6.07, 6.45) is 1.49. The van der Waals surface area contributed by atoms with Gasteiger partial charge in [-0.3, -0.25) is 9.59 Å². The summed E-state index contributed by atoms with van der Waals surface area (Å²) in [6, 6.07) is 15.0. The topological polar surface area (TPSA) is 75.6 Å². The molecule has 138 valence electrons. The van der Waals surface area contributed by atoms with Gasteiger partial charge in [0.15, 0.2) is 6.61 Å². The second kappa shape index (κ2) is 9.61. The zero-order valence-electron chi connectivity index (χ0n) is 15.2. The number of para-hydroxylation sites is 1. The number of aryl methyl sites for hydroxylation is 1. The maximum Gasteiger partial charge on any atom is 0.303 e. The molecule has 0 aliphatic heterocycles. The van der Waals surface area contributed by atoms with Crippen molar-refractivity contribution in [2.24, 2.45) is 0 Å². The monoisotopic (exact) mass is 355 g/mol. The molecule has 0 bridgehead atoms. The highest BCUT2D eigenvalue weighted by atomic mass is 16.5. The minimum absolute atomic E-state index is 0.0624. The lowest BCUT2D eigenvalue weighted by atomic mass is 9.98. The molecule has 2 aromatic rings. The number of anilines is 1. The number of rotatable bonds is 9. The Morgan fingerprint density at radius 2 is 1.92 bits per heavy atom. The van der Waals surface area contributed by atoms with Gasteiger partial charge in [0, 0.05) is 12.1 Å². The van der Waals surface area contributed by atoms with Crippen molar-refractivity contribution < 1.29 is 19.4 Å². The summed E-state index contributed by atoms with van der Waals surface area (Å²) in [5.74, 6) is -0.000428. The van der Waals surface area contributed by atoms with E-state index in [9.17, 15) is 9.59 Å². The van der Waals surface area contributed by atoms with Crippen LogP contribution in [0.4, 0.5) is 5.69 Å². The smallest absolute Gasteiger partial charge is 0.303 e. The van der Waals surface area contributed by atoms with E-state index in [1.807, 2.05) is 30.3 Å². The number of carbonyl (C=O) groups is 2. The molecule has 0 fully saturated rings. The number of ether oxygens (including phenoxy) is 1. The third-order valence-electron chi connectivity index (χ3n) is 4.26. The molecule has 26 heavy (non-hydrogen) atoms. The number of carboxylic acid groups (broad SMARTS) is 1. The van der Waals surface area contributed by atoms with Crippen LogP contribution in [0.25, 0.3) is 0 Å². The first-order chi connectivity index (χ1) is 12.5. The molecule has 0 saturated heterocycles. The Hall–Kier alpha value is -2.82. The van der Waals surface area contributed by atoms with Crippen molar-refractivity contribution in [1.29, 1.82) is 0 Å². The first kappa shape index (κ1) is 19.5. The van der Waals surface area contributed by atoms with E-state index in [1.54, 1.807) is 18.2 Å². The second-order valence-corrected chi connectivity index (χ2v) is 6.28. The van der Waals surface area contributed by atoms with Gasteiger partial charge < -0.3 is 15.2 Å². The zero-order valence-corrected chi connectivity index (χ0v) is 15.2. The number of hydrogen-bond acceptors (Lipinski definition) is 3. The molecule has 0 spiro atoms. The van der Waals surface area contributed by atoms with Gasteiger partial charge in [0.1, 0.15) is 5.75 Å². The summed E-state index contributed by atoms with van der Waals surface area (Å²) in [4.78, 5) is 22.8. The summed E-state index contributed by atoms with van der Waals surface area (Å²) in [5, 5.41) is 11.6. The molecule has 5 nitrogen and oxygen atoms in total. The molecule has 0 aliphatic rings. The molecular weight excluding hydrogens is 330 g/mol. The lowest BCUT2D eigenvalue weighted by Gasteiger charge is -2.15. The van der Waals surface area contributed by atoms with Gasteiger partial charge >= 0.3 is 5.97 Å². The van der Waals surface area contributed by atoms with Gasteiger partial charge in [-0.05, 0) is 48.1 Å². The molecule has 1 atom stereocenters. The molecule has 0 heterocycles. The van der Waals surface area contributed by atoms with E-state index in [1.165, 1.54) is 0 Å². The summed E-state index contributed by atoms with van der Waals surface area (Å²) >= 11 is 0. The van der Waals surface area contributed by atoms with Crippen LogP contribution < -0.4 is 10.1 Å². The summed E-state index contributed by atoms with van der Waals surface area (Å²) in [5.41, 5.74) is 2.60. The van der Waals surface area contributed by atoms with E-state index in [-0.39, 0.29) is 18.9 Å². The average Bonchev–Trinajstić information content (AvgIpc) is 2.64. The van der Waals surface area contributed by atoms with Crippen LogP contribution >= 0.6 is 0 Å². The Labute approximate surface area is 154 Å². The number of nitrogens with one attached hydrogen (secondary N) is 1. The first-order valence-electron chi connectivity index (χ1n) is 8.82. The minimum Gasteiger partial charge on any atom is -0.483 e. The van der Waals surface area contributed by atoms with Crippen LogP contribution in [0.1, 0.15) is 43.7 Å². The van der Waals surface area contributed by atoms with Crippen LogP contribution in [-0.2, 0) is 16.0 Å². The van der Waals surface area contributed by atoms with Gasteiger partial charge in [-0.1, -0.05) is 44.2 Å². The van der Waals surface area contributed by atoms with Crippen LogP contribution in [0, 0.1) is 0 Å². The highest BCUT2D eigenvalue weighted by Crippen LogP contribution is 2.28. The van der Waals surface area contributed by atoms with Crippen molar-refractivity contribution in [2.45, 2.75) is 39.0 Å². The van der Waals surface area contributed by atoms with E-state index in [0.717, 1.165) is 23.3 Å². The highest BCUT2D eigenvalue weighted by molar-refractivity contribution is 5.92. The number of hydrogen-bond donors (Lipinski definition) is 2. The third kappa shape index (κ3) is 5.92. The van der Waals surface area contributed by atoms with Crippen LogP contribution in [0.15, 0.2) is 48.5 Å². The van der Waals surface area contributed by atoms with E-state index in [2.05, 4.69) is 19.2 Å². The molecule has 0 radical (unpaired) electrons. The number of aliphatic carboxylic acids is 1. The van der Waals surface area contributed by atoms with Crippen LogP contribution in [-0.4, -0.2) is 23.6 Å². The van der Waals surface area contributed by atoms with Crippen molar-refractivity contribution in [1.82, 2.24) is 0 Å². The molecule has 0 aromatic heterocycles. The van der Waals surface area contributed by atoms with Gasteiger partial charge in [-0.15, -0.1) is 0 Å². The molecule has 0 aliphatic carbocycles. The number of carbonyl (C=O) groups excluding carboxylic acids is 1. The van der Waals surface area contributed by atoms with Crippen LogP contribution in [0.5, 0.6) is 5.75 Å². The van der Waals surface area contributed by atoms with E-state index in [0.29, 0.717) is 18.0 Å². The molecule has 2 aromatic carbocycles. The number of amides is 1. The molecular formula is C21H25NO4. The van der Waals surface area contributed by atoms with Crippen molar-refractivity contribution in [3.8, 4) is 5.75 Å². The molecule has 1 unspecified atom stereocenters. The molecule has 1 amide bonds. The molecule has 2 rings (SSSR count). The largest absolute Gasteiger partial charge is 0.483 e. The average molecular weight is 355 g/mol. The maximum atomic E-state index is 12.2. The normalized spacial score (nSPS) is 11.6. The summed E-state index contributed by atoms with van der Waals surface area (Å²) in [7, 11) is 0. The Bertz CT molecular complexity index is 757. The Morgan fingerprint density at radius 3 is 2.65 bits per heavy atom. The lowest BCUT2D eigenvalue weighted by Crippen LogP contribution is -2.20. The van der Waals surface area contributed by atoms with Crippen molar-refractivity contribution >= 4 is 17.6 Å². The van der Waals surface area contributed by atoms with Crippen molar-refractivity contribution in [3.05, 3.63) is 59.7 Å². The van der Waals surface area contributed by atoms with E-state index >= 15 is 0 Å². The maximum absolute atomic E-state index is 12.2. The van der Waals surface area contributed by atoms with E-state index < -0.39 is 5.97 Å². The van der Waals surface area contributed by atoms with Crippen LogP contribution in [0.2, 0.25) is 0 Å². The minimum atomic E-state index is -0.840. The predicted octanol–water partition coefficient (Wildman–Crippen LogP) is 4.23. The van der Waals surface area contributed by atoms with Gasteiger partial charge in [0.25, 0.3) is 5.91 Å². The molecule has 0 saturated carbocycles. The molecule has 2 N–H and O–H groups in total. The fourth-order valence-corrected chi connectivity index (χ4v) is 2.64. The fraction of sp³-hybridized carbons (Fsp3) is 0.333. The SMILES string of the molecule is CCC(C)c1ccccc1OCC(=O)Nc1cccc(CCC(=O)O)c1. The third-order valence-corrected chi connectivity index (χ3v) is 4.26. The predicted molar refractivity (Wildman–Crippen MR) is 102 cm³/mol. The summed E-state index contributed by atoms with van der Waals surface area (Å²) < 4.78 is 5.71. The van der Waals surface area contributed by atoms with Crippen LogP contribution in [0.3, 0.4) is 0 Å². The number of carboxylic acids is 1. The Balaban J connectivity index is 1.94. The quantitative estimate of drug-likeness (QED) is 0.706.